The van der Waals surface area contributed by atoms with Crippen LogP contribution in [-0.4, -0.2) is 15.3 Å². The van der Waals surface area contributed by atoms with E-state index in [0.717, 1.165) is 17.9 Å². The molecule has 0 radical (unpaired) electrons. The van der Waals surface area contributed by atoms with Gasteiger partial charge in [-0.1, -0.05) is 30.3 Å². The Labute approximate surface area is 137 Å². The van der Waals surface area contributed by atoms with E-state index in [-0.39, 0.29) is 5.56 Å². The first kappa shape index (κ1) is 15.2. The van der Waals surface area contributed by atoms with Crippen molar-refractivity contribution < 1.29 is 4.42 Å². The summed E-state index contributed by atoms with van der Waals surface area (Å²) in [6.45, 7) is 2.48. The summed E-state index contributed by atoms with van der Waals surface area (Å²) in [6, 6.07) is 8.83. The second kappa shape index (κ2) is 6.58. The maximum atomic E-state index is 12.8. The van der Waals surface area contributed by atoms with Gasteiger partial charge in [-0.15, -0.1) is 0 Å². The molecule has 22 heavy (non-hydrogen) atoms. The van der Waals surface area contributed by atoms with E-state index in [1.165, 1.54) is 0 Å². The summed E-state index contributed by atoms with van der Waals surface area (Å²) in [5, 5.41) is 1.84. The Bertz CT molecular complexity index is 843. The second-order valence-electron chi connectivity index (χ2n) is 4.87. The van der Waals surface area contributed by atoms with Gasteiger partial charge >= 0.3 is 0 Å². The molecule has 2 aromatic heterocycles. The lowest BCUT2D eigenvalue weighted by Gasteiger charge is -2.11. The van der Waals surface area contributed by atoms with E-state index < -0.39 is 0 Å². The van der Waals surface area contributed by atoms with Crippen LogP contribution in [0.15, 0.2) is 51.0 Å². The molecule has 0 bridgehead atoms. The molecule has 0 unspecified atom stereocenters. The van der Waals surface area contributed by atoms with Crippen LogP contribution in [0.1, 0.15) is 19.1 Å². The molecule has 0 saturated carbocycles. The number of nitrogens with zero attached hydrogens (tertiary/aromatic N) is 2. The van der Waals surface area contributed by atoms with Gasteiger partial charge < -0.3 is 4.42 Å². The Morgan fingerprint density at radius 1 is 1.36 bits per heavy atom. The molecule has 0 aliphatic heterocycles. The highest BCUT2D eigenvalue weighted by atomic mass is 35.5. The zero-order valence-corrected chi connectivity index (χ0v) is 13.7. The number of hydrogen-bond donors (Lipinski definition) is 0. The van der Waals surface area contributed by atoms with Crippen molar-refractivity contribution in [3.63, 3.8) is 0 Å². The molecule has 0 amide bonds. The molecule has 114 valence electrons. The third-order valence-electron chi connectivity index (χ3n) is 3.21. The maximum Gasteiger partial charge on any atom is 0.262 e. The molecule has 0 aliphatic rings. The number of halogens is 1. The van der Waals surface area contributed by atoms with Gasteiger partial charge in [0.2, 0.25) is 0 Å². The highest BCUT2D eigenvalue weighted by Gasteiger charge is 2.13. The van der Waals surface area contributed by atoms with Crippen molar-refractivity contribution in [2.75, 3.05) is 5.75 Å². The van der Waals surface area contributed by atoms with Crippen molar-refractivity contribution in [1.82, 2.24) is 9.55 Å². The predicted molar refractivity (Wildman–Crippen MR) is 89.8 cm³/mol. The van der Waals surface area contributed by atoms with Crippen LogP contribution in [0.3, 0.4) is 0 Å². The Hall–Kier alpha value is -1.72. The van der Waals surface area contributed by atoms with Gasteiger partial charge in [-0.25, -0.2) is 4.98 Å². The lowest BCUT2D eigenvalue weighted by atomic mass is 10.2. The van der Waals surface area contributed by atoms with Crippen molar-refractivity contribution in [2.24, 2.45) is 0 Å². The number of aromatic nitrogens is 2. The van der Waals surface area contributed by atoms with Crippen molar-refractivity contribution >= 4 is 34.3 Å². The fraction of sp³-hybridized carbons (Fsp3) is 0.250. The van der Waals surface area contributed by atoms with E-state index in [2.05, 4.69) is 11.9 Å². The third kappa shape index (κ3) is 3.05. The van der Waals surface area contributed by atoms with Gasteiger partial charge in [0.15, 0.2) is 5.16 Å². The van der Waals surface area contributed by atoms with Crippen LogP contribution in [0.4, 0.5) is 0 Å². The summed E-state index contributed by atoms with van der Waals surface area (Å²) < 4.78 is 7.03. The fourth-order valence-electron chi connectivity index (χ4n) is 2.18. The minimum atomic E-state index is -0.0725. The van der Waals surface area contributed by atoms with Gasteiger partial charge in [0.1, 0.15) is 5.76 Å². The van der Waals surface area contributed by atoms with Gasteiger partial charge in [0.05, 0.1) is 23.7 Å². The van der Waals surface area contributed by atoms with E-state index in [1.807, 2.05) is 12.1 Å². The number of furan rings is 1. The molecule has 0 atom stereocenters. The van der Waals surface area contributed by atoms with Crippen molar-refractivity contribution in [2.45, 2.75) is 25.0 Å². The number of rotatable bonds is 5. The van der Waals surface area contributed by atoms with Crippen LogP contribution >= 0.6 is 23.4 Å². The minimum Gasteiger partial charge on any atom is -0.467 e. The van der Waals surface area contributed by atoms with Gasteiger partial charge in [-0.05, 0) is 36.8 Å². The summed E-state index contributed by atoms with van der Waals surface area (Å²) in [4.78, 5) is 17.4. The summed E-state index contributed by atoms with van der Waals surface area (Å²) in [5.74, 6) is 1.63. The van der Waals surface area contributed by atoms with Crippen LogP contribution in [0.25, 0.3) is 10.9 Å². The van der Waals surface area contributed by atoms with E-state index in [1.54, 1.807) is 40.8 Å². The molecule has 3 aromatic rings. The summed E-state index contributed by atoms with van der Waals surface area (Å²) in [5.41, 5.74) is 0.559. The highest BCUT2D eigenvalue weighted by Crippen LogP contribution is 2.21. The lowest BCUT2D eigenvalue weighted by molar-refractivity contribution is 0.476. The molecule has 1 aromatic carbocycles. The van der Waals surface area contributed by atoms with Crippen LogP contribution in [-0.2, 0) is 6.54 Å². The fourth-order valence-corrected chi connectivity index (χ4v) is 3.19. The van der Waals surface area contributed by atoms with Crippen molar-refractivity contribution in [3.8, 4) is 0 Å². The quantitative estimate of drug-likeness (QED) is 0.518. The topological polar surface area (TPSA) is 48.0 Å². The van der Waals surface area contributed by atoms with Gasteiger partial charge in [-0.3, -0.25) is 9.36 Å². The molecule has 2 heterocycles. The molecule has 0 fully saturated rings. The maximum absolute atomic E-state index is 12.8. The van der Waals surface area contributed by atoms with Gasteiger partial charge in [0, 0.05) is 10.8 Å². The molecular formula is C16H15ClN2O2S. The minimum absolute atomic E-state index is 0.0725. The third-order valence-corrected chi connectivity index (χ3v) is 4.63. The number of thioether (sulfide) groups is 1. The molecular weight excluding hydrogens is 320 g/mol. The van der Waals surface area contributed by atoms with E-state index >= 15 is 0 Å². The van der Waals surface area contributed by atoms with Crippen LogP contribution in [0.2, 0.25) is 5.02 Å². The molecule has 3 rings (SSSR count). The smallest absolute Gasteiger partial charge is 0.262 e. The average molecular weight is 335 g/mol. The monoisotopic (exact) mass is 334 g/mol. The first-order valence-corrected chi connectivity index (χ1v) is 8.40. The number of fused-ring (bicyclic) bond motifs is 1. The predicted octanol–water partition coefficient (Wildman–Crippen LogP) is 4.19. The van der Waals surface area contributed by atoms with E-state index in [4.69, 9.17) is 16.0 Å². The zero-order valence-electron chi connectivity index (χ0n) is 12.1. The standard InChI is InChI=1S/C16H15ClN2O2S/c1-2-8-22-16-18-14-9-11(17)5-6-13(14)15(20)19(16)10-12-4-3-7-21-12/h3-7,9H,2,8,10H2,1H3. The Morgan fingerprint density at radius 2 is 2.23 bits per heavy atom. The second-order valence-corrected chi connectivity index (χ2v) is 6.37. The van der Waals surface area contributed by atoms with Crippen LogP contribution < -0.4 is 5.56 Å². The van der Waals surface area contributed by atoms with E-state index in [0.29, 0.717) is 27.6 Å². The summed E-state index contributed by atoms with van der Waals surface area (Å²) in [6.07, 6.45) is 2.61. The average Bonchev–Trinajstić information content (AvgIpc) is 3.01. The van der Waals surface area contributed by atoms with E-state index in [9.17, 15) is 4.79 Å². The Kier molecular flexibility index (Phi) is 4.55. The molecule has 0 spiro atoms. The lowest BCUT2D eigenvalue weighted by Crippen LogP contribution is -2.23. The van der Waals surface area contributed by atoms with Crippen molar-refractivity contribution in [3.05, 3.63) is 57.7 Å². The van der Waals surface area contributed by atoms with Crippen molar-refractivity contribution in [1.29, 1.82) is 0 Å². The van der Waals surface area contributed by atoms with Crippen LogP contribution in [0.5, 0.6) is 0 Å². The summed E-state index contributed by atoms with van der Waals surface area (Å²) in [7, 11) is 0. The summed E-state index contributed by atoms with van der Waals surface area (Å²) >= 11 is 7.58. The molecule has 4 nitrogen and oxygen atoms in total. The Balaban J connectivity index is 2.15. The number of hydrogen-bond acceptors (Lipinski definition) is 4. The largest absolute Gasteiger partial charge is 0.467 e. The number of benzene rings is 1. The van der Waals surface area contributed by atoms with Crippen LogP contribution in [0, 0.1) is 0 Å². The first-order valence-electron chi connectivity index (χ1n) is 7.04. The highest BCUT2D eigenvalue weighted by molar-refractivity contribution is 7.99. The molecule has 0 N–H and O–H groups in total. The molecule has 6 heteroatoms. The van der Waals surface area contributed by atoms with Gasteiger partial charge in [0.25, 0.3) is 5.56 Å². The SMILES string of the molecule is CCCSc1nc2cc(Cl)ccc2c(=O)n1Cc1ccco1. The molecule has 0 saturated heterocycles. The van der Waals surface area contributed by atoms with Gasteiger partial charge in [-0.2, -0.15) is 0 Å². The zero-order chi connectivity index (χ0) is 15.5. The first-order chi connectivity index (χ1) is 10.7. The normalized spacial score (nSPS) is 11.2. The Morgan fingerprint density at radius 3 is 2.95 bits per heavy atom. The molecule has 0 aliphatic carbocycles.